The van der Waals surface area contributed by atoms with Gasteiger partial charge >= 0.3 is 0 Å². The molecule has 0 heterocycles. The number of hydrogen-bond acceptors (Lipinski definition) is 2. The first kappa shape index (κ1) is 18.2. The van der Waals surface area contributed by atoms with Crippen LogP contribution in [0.4, 0.5) is 0 Å². The summed E-state index contributed by atoms with van der Waals surface area (Å²) in [5.74, 6) is 0. The highest BCUT2D eigenvalue weighted by Gasteiger charge is 2.41. The molecule has 0 saturated heterocycles. The lowest BCUT2D eigenvalue weighted by Crippen LogP contribution is -2.46. The van der Waals surface area contributed by atoms with Crippen molar-refractivity contribution in [3.8, 4) is 0 Å². The van der Waals surface area contributed by atoms with Gasteiger partial charge in [0.25, 0.3) is 0 Å². The van der Waals surface area contributed by atoms with E-state index in [1.54, 1.807) is 0 Å². The van der Waals surface area contributed by atoms with Crippen LogP contribution in [0.3, 0.4) is 0 Å². The second kappa shape index (κ2) is 7.63. The molecule has 2 rings (SSSR count). The van der Waals surface area contributed by atoms with Gasteiger partial charge in [0, 0.05) is 18.5 Å². The monoisotopic (exact) mass is 314 g/mol. The van der Waals surface area contributed by atoms with Crippen molar-refractivity contribution >= 4 is 5.57 Å². The van der Waals surface area contributed by atoms with Crippen molar-refractivity contribution in [3.63, 3.8) is 0 Å². The van der Waals surface area contributed by atoms with Gasteiger partial charge in [0.2, 0.25) is 0 Å². The Labute approximate surface area is 142 Å². The molecule has 2 nitrogen and oxygen atoms in total. The fraction of sp³-hybridized carbons (Fsp3) is 0.619. The van der Waals surface area contributed by atoms with Crippen LogP contribution in [0.1, 0.15) is 62.8 Å². The topological polar surface area (TPSA) is 24.1 Å². The second-order valence-corrected chi connectivity index (χ2v) is 7.12. The molecule has 0 bridgehead atoms. The summed E-state index contributed by atoms with van der Waals surface area (Å²) in [7, 11) is 0. The maximum Gasteiger partial charge on any atom is 0.0420 e. The molecule has 2 N–H and O–H groups in total. The zero-order chi connectivity index (χ0) is 17.0. The normalized spacial score (nSPS) is 16.1. The van der Waals surface area contributed by atoms with Crippen LogP contribution in [-0.4, -0.2) is 26.2 Å². The van der Waals surface area contributed by atoms with Gasteiger partial charge in [-0.15, -0.1) is 0 Å². The van der Waals surface area contributed by atoms with Crippen LogP contribution in [0.15, 0.2) is 17.7 Å². The van der Waals surface area contributed by atoms with Gasteiger partial charge in [-0.1, -0.05) is 31.6 Å². The number of nitrogens with one attached hydrogen (secondary N) is 2. The Bertz CT molecular complexity index is 574. The molecule has 1 aliphatic carbocycles. The highest BCUT2D eigenvalue weighted by atomic mass is 14.9. The van der Waals surface area contributed by atoms with Crippen molar-refractivity contribution in [2.24, 2.45) is 0 Å². The molecule has 0 amide bonds. The molecular formula is C21H34N2. The minimum absolute atomic E-state index is 0.0994. The Balaban J connectivity index is 2.47. The molecule has 1 aliphatic rings. The first-order valence-corrected chi connectivity index (χ1v) is 9.20. The maximum absolute atomic E-state index is 3.70. The minimum atomic E-state index is 0.0994. The lowest BCUT2D eigenvalue weighted by molar-refractivity contribution is 0.429. The van der Waals surface area contributed by atoms with Crippen LogP contribution in [-0.2, 0) is 5.41 Å². The Morgan fingerprint density at radius 2 is 1.43 bits per heavy atom. The number of fused-ring (bicyclic) bond motifs is 1. The molecule has 0 aliphatic heterocycles. The van der Waals surface area contributed by atoms with E-state index in [4.69, 9.17) is 0 Å². The number of benzene rings is 1. The van der Waals surface area contributed by atoms with Gasteiger partial charge in [0.15, 0.2) is 0 Å². The quantitative estimate of drug-likeness (QED) is 0.697. The molecule has 0 radical (unpaired) electrons. The van der Waals surface area contributed by atoms with E-state index in [-0.39, 0.29) is 5.41 Å². The van der Waals surface area contributed by atoms with E-state index in [9.17, 15) is 0 Å². The molecule has 1 aromatic rings. The molecule has 2 heteroatoms. The Hall–Kier alpha value is -1.12. The molecule has 0 aromatic heterocycles. The van der Waals surface area contributed by atoms with Gasteiger partial charge in [-0.25, -0.2) is 0 Å². The van der Waals surface area contributed by atoms with Crippen molar-refractivity contribution in [2.45, 2.75) is 59.8 Å². The van der Waals surface area contributed by atoms with E-state index in [2.05, 4.69) is 64.3 Å². The van der Waals surface area contributed by atoms with Gasteiger partial charge in [0.05, 0.1) is 0 Å². The first-order chi connectivity index (χ1) is 11.0. The van der Waals surface area contributed by atoms with E-state index in [0.29, 0.717) is 0 Å². The zero-order valence-electron chi connectivity index (χ0n) is 15.9. The number of rotatable bonds is 8. The molecule has 0 atom stereocenters. The third kappa shape index (κ3) is 3.25. The fourth-order valence-corrected chi connectivity index (χ4v) is 3.92. The molecule has 23 heavy (non-hydrogen) atoms. The van der Waals surface area contributed by atoms with Gasteiger partial charge < -0.3 is 10.6 Å². The van der Waals surface area contributed by atoms with Crippen molar-refractivity contribution in [2.75, 3.05) is 26.2 Å². The van der Waals surface area contributed by atoms with Crippen LogP contribution < -0.4 is 10.6 Å². The number of hydrogen-bond donors (Lipinski definition) is 2. The van der Waals surface area contributed by atoms with Crippen molar-refractivity contribution in [1.82, 2.24) is 10.6 Å². The second-order valence-electron chi connectivity index (χ2n) is 7.12. The van der Waals surface area contributed by atoms with Crippen LogP contribution in [0.25, 0.3) is 5.57 Å². The van der Waals surface area contributed by atoms with Gasteiger partial charge in [-0.3, -0.25) is 0 Å². The average molecular weight is 315 g/mol. The average Bonchev–Trinajstić information content (AvgIpc) is 2.74. The third-order valence-corrected chi connectivity index (χ3v) is 5.61. The predicted octanol–water partition coefficient (Wildman–Crippen LogP) is 4.35. The third-order valence-electron chi connectivity index (χ3n) is 5.61. The van der Waals surface area contributed by atoms with E-state index >= 15 is 0 Å². The van der Waals surface area contributed by atoms with Gasteiger partial charge in [-0.2, -0.15) is 0 Å². The molecular weight excluding hydrogens is 280 g/mol. The van der Waals surface area contributed by atoms with E-state index in [1.165, 1.54) is 46.2 Å². The molecule has 0 saturated carbocycles. The van der Waals surface area contributed by atoms with Crippen LogP contribution in [0.2, 0.25) is 0 Å². The van der Waals surface area contributed by atoms with Crippen LogP contribution in [0, 0.1) is 13.8 Å². The number of aryl methyl sites for hydroxylation is 1. The molecule has 128 valence electrons. The van der Waals surface area contributed by atoms with E-state index < -0.39 is 0 Å². The molecule has 0 spiro atoms. The van der Waals surface area contributed by atoms with Gasteiger partial charge in [0.1, 0.15) is 0 Å². The summed E-state index contributed by atoms with van der Waals surface area (Å²) in [6.45, 7) is 17.8. The standard InChI is InChI=1S/C21H34N2/c1-7-11-22-13-21(14-23-12-8-2)18(6)17(5)20-16(4)15(3)9-10-19(20)21/h9-10,22-23H,7-8,11-14H2,1-6H3. The molecule has 0 unspecified atom stereocenters. The van der Waals surface area contributed by atoms with E-state index in [1.807, 2.05) is 0 Å². The summed E-state index contributed by atoms with van der Waals surface area (Å²) >= 11 is 0. The lowest BCUT2D eigenvalue weighted by Gasteiger charge is -2.34. The maximum atomic E-state index is 3.70. The van der Waals surface area contributed by atoms with Crippen LogP contribution in [0.5, 0.6) is 0 Å². The number of allylic oxidation sites excluding steroid dienone is 1. The fourth-order valence-electron chi connectivity index (χ4n) is 3.92. The highest BCUT2D eigenvalue weighted by Crippen LogP contribution is 2.47. The van der Waals surface area contributed by atoms with Crippen LogP contribution >= 0.6 is 0 Å². The molecule has 1 aromatic carbocycles. The minimum Gasteiger partial charge on any atom is -0.315 e. The Kier molecular flexibility index (Phi) is 6.05. The van der Waals surface area contributed by atoms with Crippen molar-refractivity contribution in [1.29, 1.82) is 0 Å². The first-order valence-electron chi connectivity index (χ1n) is 9.20. The van der Waals surface area contributed by atoms with Crippen molar-refractivity contribution < 1.29 is 0 Å². The summed E-state index contributed by atoms with van der Waals surface area (Å²) < 4.78 is 0. The molecule has 0 fully saturated rings. The summed E-state index contributed by atoms with van der Waals surface area (Å²) in [5, 5.41) is 7.39. The lowest BCUT2D eigenvalue weighted by atomic mass is 9.76. The predicted molar refractivity (Wildman–Crippen MR) is 102 cm³/mol. The highest BCUT2D eigenvalue weighted by molar-refractivity contribution is 5.81. The summed E-state index contributed by atoms with van der Waals surface area (Å²) in [4.78, 5) is 0. The van der Waals surface area contributed by atoms with Crippen molar-refractivity contribution in [3.05, 3.63) is 40.0 Å². The van der Waals surface area contributed by atoms with E-state index in [0.717, 1.165) is 26.2 Å². The SMILES string of the molecule is CCCNCC1(CNCCC)C(C)=C(C)c2c1ccc(C)c2C. The zero-order valence-corrected chi connectivity index (χ0v) is 15.9. The summed E-state index contributed by atoms with van der Waals surface area (Å²) in [6, 6.07) is 4.67. The Morgan fingerprint density at radius 1 is 0.870 bits per heavy atom. The largest absolute Gasteiger partial charge is 0.315 e. The smallest absolute Gasteiger partial charge is 0.0420 e. The summed E-state index contributed by atoms with van der Waals surface area (Å²) in [5.41, 5.74) is 8.98. The summed E-state index contributed by atoms with van der Waals surface area (Å²) in [6.07, 6.45) is 2.36. The Morgan fingerprint density at radius 3 is 1.96 bits per heavy atom. The van der Waals surface area contributed by atoms with Gasteiger partial charge in [-0.05, 0) is 81.5 Å².